The molecule has 0 spiro atoms. The SMILES string of the molecule is C/C(=C\c1c(C)cc(C(C)(F)F)cc1C)Cc1c(C)ncc(C(=O)O)c1C. The Morgan fingerprint density at radius 2 is 1.74 bits per heavy atom. The van der Waals surface area contributed by atoms with E-state index in [1.165, 1.54) is 18.3 Å². The molecule has 0 aliphatic carbocycles. The molecule has 0 amide bonds. The number of pyridine rings is 1. The highest BCUT2D eigenvalue weighted by atomic mass is 19.3. The third kappa shape index (κ3) is 4.59. The number of hydrogen-bond donors (Lipinski definition) is 1. The van der Waals surface area contributed by atoms with E-state index in [2.05, 4.69) is 4.98 Å². The van der Waals surface area contributed by atoms with Gasteiger partial charge in [-0.3, -0.25) is 4.98 Å². The van der Waals surface area contributed by atoms with Crippen LogP contribution in [0.15, 0.2) is 23.9 Å². The Labute approximate surface area is 158 Å². The van der Waals surface area contributed by atoms with Crippen molar-refractivity contribution < 1.29 is 18.7 Å². The molecule has 1 heterocycles. The smallest absolute Gasteiger partial charge is 0.337 e. The number of carboxylic acid groups (broad SMARTS) is 1. The van der Waals surface area contributed by atoms with Crippen molar-refractivity contribution in [2.75, 3.05) is 0 Å². The van der Waals surface area contributed by atoms with E-state index in [0.717, 1.165) is 40.4 Å². The first-order valence-electron chi connectivity index (χ1n) is 8.77. The van der Waals surface area contributed by atoms with Gasteiger partial charge in [0.25, 0.3) is 5.92 Å². The van der Waals surface area contributed by atoms with E-state index in [9.17, 15) is 18.7 Å². The number of rotatable bonds is 5. The van der Waals surface area contributed by atoms with E-state index in [4.69, 9.17) is 0 Å². The van der Waals surface area contributed by atoms with Crippen LogP contribution < -0.4 is 0 Å². The van der Waals surface area contributed by atoms with Gasteiger partial charge in [0.2, 0.25) is 0 Å². The summed E-state index contributed by atoms with van der Waals surface area (Å²) in [4.78, 5) is 15.6. The number of alkyl halides is 2. The Balaban J connectivity index is 2.43. The third-order valence-corrected chi connectivity index (χ3v) is 4.86. The number of benzene rings is 1. The average molecular weight is 373 g/mol. The molecule has 0 atom stereocenters. The second-order valence-corrected chi connectivity index (χ2v) is 7.25. The minimum absolute atomic E-state index is 0.0114. The summed E-state index contributed by atoms with van der Waals surface area (Å²) in [6.45, 7) is 10.1. The maximum Gasteiger partial charge on any atom is 0.337 e. The summed E-state index contributed by atoms with van der Waals surface area (Å²) < 4.78 is 27.2. The number of aromatic nitrogens is 1. The van der Waals surface area contributed by atoms with Crippen molar-refractivity contribution in [1.29, 1.82) is 0 Å². The molecule has 0 unspecified atom stereocenters. The number of allylic oxidation sites excluding steroid dienone is 1. The lowest BCUT2D eigenvalue weighted by Gasteiger charge is -2.16. The predicted molar refractivity (Wildman–Crippen MR) is 104 cm³/mol. The van der Waals surface area contributed by atoms with Gasteiger partial charge in [-0.05, 0) is 81.0 Å². The van der Waals surface area contributed by atoms with Crippen molar-refractivity contribution in [3.05, 3.63) is 68.5 Å². The molecule has 144 valence electrons. The summed E-state index contributed by atoms with van der Waals surface area (Å²) in [6.07, 6.45) is 3.92. The van der Waals surface area contributed by atoms with Crippen molar-refractivity contribution in [3.63, 3.8) is 0 Å². The van der Waals surface area contributed by atoms with Gasteiger partial charge in [0.1, 0.15) is 0 Å². The quantitative estimate of drug-likeness (QED) is 0.724. The fourth-order valence-electron chi connectivity index (χ4n) is 3.28. The van der Waals surface area contributed by atoms with Crippen LogP contribution in [0.25, 0.3) is 6.08 Å². The van der Waals surface area contributed by atoms with Crippen LogP contribution in [0.3, 0.4) is 0 Å². The molecule has 0 bridgehead atoms. The Bertz CT molecular complexity index is 902. The first kappa shape index (κ1) is 20.7. The number of aromatic carboxylic acids is 1. The predicted octanol–water partition coefficient (Wildman–Crippen LogP) is 5.77. The summed E-state index contributed by atoms with van der Waals surface area (Å²) in [7, 11) is 0. The molecule has 5 heteroatoms. The molecule has 1 N–H and O–H groups in total. The molecule has 1 aromatic carbocycles. The van der Waals surface area contributed by atoms with Crippen LogP contribution in [-0.2, 0) is 12.3 Å². The molecule has 0 aliphatic heterocycles. The minimum atomic E-state index is -2.87. The van der Waals surface area contributed by atoms with E-state index in [-0.39, 0.29) is 11.1 Å². The van der Waals surface area contributed by atoms with Gasteiger partial charge >= 0.3 is 5.97 Å². The first-order chi connectivity index (χ1) is 12.4. The maximum absolute atomic E-state index is 13.6. The maximum atomic E-state index is 13.6. The highest BCUT2D eigenvalue weighted by Crippen LogP contribution is 2.31. The molecule has 1 aromatic heterocycles. The lowest BCUT2D eigenvalue weighted by molar-refractivity contribution is 0.0173. The molecule has 3 nitrogen and oxygen atoms in total. The van der Waals surface area contributed by atoms with Crippen LogP contribution in [0.1, 0.15) is 63.3 Å². The van der Waals surface area contributed by atoms with E-state index >= 15 is 0 Å². The third-order valence-electron chi connectivity index (χ3n) is 4.86. The van der Waals surface area contributed by atoms with E-state index in [1.54, 1.807) is 6.92 Å². The van der Waals surface area contributed by atoms with Crippen LogP contribution in [0.5, 0.6) is 0 Å². The summed E-state index contributed by atoms with van der Waals surface area (Å²) in [5, 5.41) is 9.30. The van der Waals surface area contributed by atoms with Gasteiger partial charge in [0, 0.05) is 24.4 Å². The summed E-state index contributed by atoms with van der Waals surface area (Å²) in [6, 6.07) is 3.05. The number of halogens is 2. The second-order valence-electron chi connectivity index (χ2n) is 7.25. The van der Waals surface area contributed by atoms with Crippen LogP contribution in [0.2, 0.25) is 0 Å². The number of hydrogen-bond acceptors (Lipinski definition) is 2. The molecule has 0 aliphatic rings. The lowest BCUT2D eigenvalue weighted by Crippen LogP contribution is -2.08. The van der Waals surface area contributed by atoms with Crippen molar-refractivity contribution in [2.24, 2.45) is 0 Å². The van der Waals surface area contributed by atoms with Crippen molar-refractivity contribution in [2.45, 2.75) is 53.9 Å². The first-order valence-corrected chi connectivity index (χ1v) is 8.77. The minimum Gasteiger partial charge on any atom is -0.478 e. The van der Waals surface area contributed by atoms with Crippen LogP contribution >= 0.6 is 0 Å². The van der Waals surface area contributed by atoms with Crippen LogP contribution in [0, 0.1) is 27.7 Å². The largest absolute Gasteiger partial charge is 0.478 e. The van der Waals surface area contributed by atoms with Crippen LogP contribution in [0.4, 0.5) is 8.78 Å². The zero-order chi connectivity index (χ0) is 20.5. The molecular weight excluding hydrogens is 348 g/mol. The van der Waals surface area contributed by atoms with E-state index in [0.29, 0.717) is 12.0 Å². The Kier molecular flexibility index (Phi) is 5.83. The molecule has 0 fully saturated rings. The Morgan fingerprint density at radius 1 is 1.19 bits per heavy atom. The molecule has 27 heavy (non-hydrogen) atoms. The molecule has 0 saturated carbocycles. The molecule has 0 radical (unpaired) electrons. The molecular formula is C22H25F2NO2. The van der Waals surface area contributed by atoms with E-state index in [1.807, 2.05) is 33.8 Å². The van der Waals surface area contributed by atoms with Gasteiger partial charge < -0.3 is 5.11 Å². The normalized spacial score (nSPS) is 12.4. The number of carbonyl (C=O) groups is 1. The summed E-state index contributed by atoms with van der Waals surface area (Å²) in [5.41, 5.74) is 6.09. The van der Waals surface area contributed by atoms with Crippen LogP contribution in [-0.4, -0.2) is 16.1 Å². The molecule has 2 rings (SSSR count). The highest BCUT2D eigenvalue weighted by Gasteiger charge is 2.25. The fraction of sp³-hybridized carbons (Fsp3) is 0.364. The Morgan fingerprint density at radius 3 is 2.22 bits per heavy atom. The van der Waals surface area contributed by atoms with Crippen molar-refractivity contribution in [3.8, 4) is 0 Å². The monoisotopic (exact) mass is 373 g/mol. The summed E-state index contributed by atoms with van der Waals surface area (Å²) in [5.74, 6) is -3.87. The standard InChI is InChI=1S/C22H25F2NO2/c1-12(8-19-15(4)20(21(26)27)11-25-16(19)5)7-18-13(2)9-17(10-14(18)3)22(6,23)24/h7,9-11H,8H2,1-6H3,(H,26,27)/b12-7+. The summed E-state index contributed by atoms with van der Waals surface area (Å²) >= 11 is 0. The zero-order valence-corrected chi connectivity index (χ0v) is 16.6. The Hall–Kier alpha value is -2.56. The average Bonchev–Trinajstić information content (AvgIpc) is 2.53. The lowest BCUT2D eigenvalue weighted by atomic mass is 9.92. The van der Waals surface area contributed by atoms with Crippen molar-refractivity contribution >= 4 is 12.0 Å². The second kappa shape index (κ2) is 7.59. The number of aryl methyl sites for hydroxylation is 3. The van der Waals surface area contributed by atoms with E-state index < -0.39 is 11.9 Å². The molecule has 0 saturated heterocycles. The van der Waals surface area contributed by atoms with Gasteiger partial charge in [0.05, 0.1) is 5.56 Å². The van der Waals surface area contributed by atoms with Gasteiger partial charge in [-0.2, -0.15) is 0 Å². The zero-order valence-electron chi connectivity index (χ0n) is 16.6. The van der Waals surface area contributed by atoms with Crippen molar-refractivity contribution in [1.82, 2.24) is 4.98 Å². The topological polar surface area (TPSA) is 50.2 Å². The highest BCUT2D eigenvalue weighted by molar-refractivity contribution is 5.89. The number of nitrogens with zero attached hydrogens (tertiary/aromatic N) is 1. The van der Waals surface area contributed by atoms with Gasteiger partial charge in [-0.15, -0.1) is 0 Å². The molecule has 2 aromatic rings. The fourth-order valence-corrected chi connectivity index (χ4v) is 3.28. The van der Waals surface area contributed by atoms with Gasteiger partial charge in [-0.25, -0.2) is 13.6 Å². The van der Waals surface area contributed by atoms with Gasteiger partial charge in [-0.1, -0.05) is 11.6 Å². The number of carboxylic acids is 1. The van der Waals surface area contributed by atoms with Gasteiger partial charge in [0.15, 0.2) is 0 Å².